The van der Waals surface area contributed by atoms with E-state index in [2.05, 4.69) is 50.6 Å². The molecule has 1 amide bonds. The number of aryl methyl sites for hydroxylation is 2. The highest BCUT2D eigenvalue weighted by Gasteiger charge is 2.18. The maximum Gasteiger partial charge on any atom is 0.252 e. The number of hydrogen-bond donors (Lipinski definition) is 1. The molecule has 1 saturated heterocycles. The smallest absolute Gasteiger partial charge is 0.252 e. The predicted molar refractivity (Wildman–Crippen MR) is 129 cm³/mol. The lowest BCUT2D eigenvalue weighted by molar-refractivity contribution is 0.0945. The molecule has 0 aliphatic carbocycles. The van der Waals surface area contributed by atoms with Crippen LogP contribution in [0.25, 0.3) is 0 Å². The molecule has 4 rings (SSSR count). The third-order valence-electron chi connectivity index (χ3n) is 5.89. The van der Waals surface area contributed by atoms with Crippen LogP contribution in [0.15, 0.2) is 64.0 Å². The number of rotatable bonds is 8. The highest BCUT2D eigenvalue weighted by Crippen LogP contribution is 2.28. The lowest BCUT2D eigenvalue weighted by atomic mass is 10.2. The van der Waals surface area contributed by atoms with Gasteiger partial charge < -0.3 is 14.7 Å². The monoisotopic (exact) mass is 450 g/mol. The SMILES string of the molecule is Cc1noc(C)c1CSc1ccccc1C(=O)NCCN1CCN(c2ccccc2)CC1. The van der Waals surface area contributed by atoms with Crippen LogP contribution in [0.2, 0.25) is 0 Å². The van der Waals surface area contributed by atoms with Crippen LogP contribution in [0.3, 0.4) is 0 Å². The van der Waals surface area contributed by atoms with E-state index in [4.69, 9.17) is 4.52 Å². The molecule has 32 heavy (non-hydrogen) atoms. The Kier molecular flexibility index (Phi) is 7.50. The van der Waals surface area contributed by atoms with Crippen molar-refractivity contribution in [3.8, 4) is 0 Å². The summed E-state index contributed by atoms with van der Waals surface area (Å²) in [5.41, 5.74) is 4.01. The molecule has 0 radical (unpaired) electrons. The second-order valence-electron chi connectivity index (χ2n) is 8.01. The molecule has 0 spiro atoms. The number of para-hydroxylation sites is 1. The van der Waals surface area contributed by atoms with Crippen LogP contribution < -0.4 is 10.2 Å². The summed E-state index contributed by atoms with van der Waals surface area (Å²) in [7, 11) is 0. The van der Waals surface area contributed by atoms with Gasteiger partial charge >= 0.3 is 0 Å². The molecule has 3 aromatic rings. The van der Waals surface area contributed by atoms with E-state index in [1.807, 2.05) is 38.1 Å². The molecule has 0 unspecified atom stereocenters. The summed E-state index contributed by atoms with van der Waals surface area (Å²) >= 11 is 1.64. The summed E-state index contributed by atoms with van der Waals surface area (Å²) in [6.45, 7) is 9.43. The second-order valence-corrected chi connectivity index (χ2v) is 9.02. The van der Waals surface area contributed by atoms with Gasteiger partial charge in [-0.05, 0) is 38.1 Å². The summed E-state index contributed by atoms with van der Waals surface area (Å²) in [4.78, 5) is 18.7. The van der Waals surface area contributed by atoms with Gasteiger partial charge in [0, 0.05) is 61.2 Å². The van der Waals surface area contributed by atoms with Gasteiger partial charge in [0.2, 0.25) is 0 Å². The van der Waals surface area contributed by atoms with Crippen LogP contribution in [0, 0.1) is 13.8 Å². The second kappa shape index (κ2) is 10.7. The minimum Gasteiger partial charge on any atom is -0.369 e. The van der Waals surface area contributed by atoms with Crippen LogP contribution >= 0.6 is 11.8 Å². The standard InChI is InChI=1S/C25H30N4O2S/c1-19-23(20(2)31-27-19)18-32-24-11-7-6-10-22(24)25(30)26-12-13-28-14-16-29(17-15-28)21-8-4-3-5-9-21/h3-11H,12-18H2,1-2H3,(H,26,30). The van der Waals surface area contributed by atoms with Gasteiger partial charge in [-0.1, -0.05) is 35.5 Å². The lowest BCUT2D eigenvalue weighted by Gasteiger charge is -2.36. The first-order valence-corrected chi connectivity index (χ1v) is 12.0. The number of benzene rings is 2. The molecule has 0 bridgehead atoms. The minimum absolute atomic E-state index is 0.0187. The number of nitrogens with zero attached hydrogens (tertiary/aromatic N) is 3. The fourth-order valence-electron chi connectivity index (χ4n) is 3.93. The molecule has 0 atom stereocenters. The van der Waals surface area contributed by atoms with Crippen molar-refractivity contribution in [2.75, 3.05) is 44.2 Å². The van der Waals surface area contributed by atoms with E-state index in [-0.39, 0.29) is 5.91 Å². The summed E-state index contributed by atoms with van der Waals surface area (Å²) in [5, 5.41) is 7.12. The summed E-state index contributed by atoms with van der Waals surface area (Å²) < 4.78 is 5.25. The first-order valence-electron chi connectivity index (χ1n) is 11.1. The fourth-order valence-corrected chi connectivity index (χ4v) is 5.13. The third kappa shape index (κ3) is 5.53. The normalized spacial score (nSPS) is 14.5. The fraction of sp³-hybridized carbons (Fsp3) is 0.360. The Morgan fingerprint density at radius 3 is 2.47 bits per heavy atom. The average Bonchev–Trinajstić information content (AvgIpc) is 3.16. The molecule has 2 aromatic carbocycles. The van der Waals surface area contributed by atoms with E-state index in [0.717, 1.165) is 66.0 Å². The summed E-state index contributed by atoms with van der Waals surface area (Å²) in [6, 6.07) is 18.3. The van der Waals surface area contributed by atoms with Crippen molar-refractivity contribution >= 4 is 23.4 Å². The van der Waals surface area contributed by atoms with E-state index in [1.165, 1.54) is 5.69 Å². The van der Waals surface area contributed by atoms with Gasteiger partial charge in [-0.2, -0.15) is 0 Å². The van der Waals surface area contributed by atoms with Gasteiger partial charge in [-0.3, -0.25) is 9.69 Å². The molecular formula is C25H30N4O2S. The Balaban J connectivity index is 1.25. The molecule has 0 saturated carbocycles. The van der Waals surface area contributed by atoms with Gasteiger partial charge in [-0.25, -0.2) is 0 Å². The molecule has 1 aliphatic heterocycles. The summed E-state index contributed by atoms with van der Waals surface area (Å²) in [6.07, 6.45) is 0. The minimum atomic E-state index is -0.0187. The Morgan fingerprint density at radius 1 is 1.03 bits per heavy atom. The van der Waals surface area contributed by atoms with Crippen molar-refractivity contribution < 1.29 is 9.32 Å². The molecule has 7 heteroatoms. The molecule has 1 aliphatic rings. The highest BCUT2D eigenvalue weighted by atomic mass is 32.2. The topological polar surface area (TPSA) is 61.6 Å². The largest absolute Gasteiger partial charge is 0.369 e. The molecule has 2 heterocycles. The number of amides is 1. The quantitative estimate of drug-likeness (QED) is 0.521. The zero-order chi connectivity index (χ0) is 22.3. The van der Waals surface area contributed by atoms with Crippen molar-refractivity contribution in [1.29, 1.82) is 0 Å². The number of carbonyl (C=O) groups is 1. The van der Waals surface area contributed by atoms with Crippen LogP contribution in [-0.4, -0.2) is 55.2 Å². The molecular weight excluding hydrogens is 420 g/mol. The van der Waals surface area contributed by atoms with E-state index >= 15 is 0 Å². The van der Waals surface area contributed by atoms with Crippen molar-refractivity contribution in [3.05, 3.63) is 77.2 Å². The van der Waals surface area contributed by atoms with Crippen LogP contribution in [0.5, 0.6) is 0 Å². The number of nitrogens with one attached hydrogen (secondary N) is 1. The molecule has 168 valence electrons. The van der Waals surface area contributed by atoms with E-state index in [1.54, 1.807) is 11.8 Å². The van der Waals surface area contributed by atoms with Gasteiger partial charge in [-0.15, -0.1) is 11.8 Å². The zero-order valence-corrected chi connectivity index (χ0v) is 19.5. The first-order chi connectivity index (χ1) is 15.6. The molecule has 6 nitrogen and oxygen atoms in total. The van der Waals surface area contributed by atoms with Gasteiger partial charge in [0.25, 0.3) is 5.91 Å². The molecule has 1 fully saturated rings. The summed E-state index contributed by atoms with van der Waals surface area (Å²) in [5.74, 6) is 1.55. The zero-order valence-electron chi connectivity index (χ0n) is 18.7. The third-order valence-corrected chi connectivity index (χ3v) is 6.99. The van der Waals surface area contributed by atoms with Crippen molar-refractivity contribution in [2.45, 2.75) is 24.5 Å². The molecule has 1 aromatic heterocycles. The van der Waals surface area contributed by atoms with Crippen LogP contribution in [0.1, 0.15) is 27.4 Å². The van der Waals surface area contributed by atoms with Crippen molar-refractivity contribution in [2.24, 2.45) is 0 Å². The number of aromatic nitrogens is 1. The van der Waals surface area contributed by atoms with Gasteiger partial charge in [0.1, 0.15) is 5.76 Å². The average molecular weight is 451 g/mol. The maximum atomic E-state index is 12.9. The van der Waals surface area contributed by atoms with E-state index < -0.39 is 0 Å². The Hall–Kier alpha value is -2.77. The Morgan fingerprint density at radius 2 is 1.75 bits per heavy atom. The Labute approximate surface area is 194 Å². The predicted octanol–water partition coefficient (Wildman–Crippen LogP) is 4.14. The van der Waals surface area contributed by atoms with Crippen molar-refractivity contribution in [1.82, 2.24) is 15.4 Å². The number of piperazine rings is 1. The number of thioether (sulfide) groups is 1. The number of hydrogen-bond acceptors (Lipinski definition) is 6. The Bertz CT molecular complexity index is 1010. The van der Waals surface area contributed by atoms with Crippen LogP contribution in [-0.2, 0) is 5.75 Å². The van der Waals surface area contributed by atoms with E-state index in [0.29, 0.717) is 6.54 Å². The van der Waals surface area contributed by atoms with E-state index in [9.17, 15) is 4.79 Å². The lowest BCUT2D eigenvalue weighted by Crippen LogP contribution is -2.48. The highest BCUT2D eigenvalue weighted by molar-refractivity contribution is 7.98. The van der Waals surface area contributed by atoms with Gasteiger partial charge in [0.05, 0.1) is 11.3 Å². The first kappa shape index (κ1) is 22.4. The van der Waals surface area contributed by atoms with Crippen LogP contribution in [0.4, 0.5) is 5.69 Å². The molecule has 1 N–H and O–H groups in total. The van der Waals surface area contributed by atoms with Crippen molar-refractivity contribution in [3.63, 3.8) is 0 Å². The van der Waals surface area contributed by atoms with Gasteiger partial charge in [0.15, 0.2) is 0 Å². The maximum absolute atomic E-state index is 12.9. The number of anilines is 1. The number of carbonyl (C=O) groups excluding carboxylic acids is 1.